The molecule has 0 radical (unpaired) electrons. The number of rotatable bonds is 6. The van der Waals surface area contributed by atoms with Crippen molar-refractivity contribution in [3.8, 4) is 0 Å². The molecule has 23 heavy (non-hydrogen) atoms. The first-order valence-electron chi connectivity index (χ1n) is 8.06. The van der Waals surface area contributed by atoms with E-state index in [4.69, 9.17) is 0 Å². The van der Waals surface area contributed by atoms with Gasteiger partial charge < -0.3 is 10.2 Å². The third kappa shape index (κ3) is 4.31. The number of carbonyl (C=O) groups is 1. The number of benzene rings is 1. The van der Waals surface area contributed by atoms with E-state index < -0.39 is 0 Å². The number of hydrogen-bond donors (Lipinski definition) is 1. The molecule has 0 aliphatic heterocycles. The summed E-state index contributed by atoms with van der Waals surface area (Å²) in [4.78, 5) is 18.9. The van der Waals surface area contributed by atoms with Crippen LogP contribution in [0.25, 0.3) is 0 Å². The maximum absolute atomic E-state index is 12.5. The Morgan fingerprint density at radius 1 is 1.22 bits per heavy atom. The fraction of sp³-hybridized carbons (Fsp3) is 0.368. The number of nitrogens with one attached hydrogen (secondary N) is 1. The van der Waals surface area contributed by atoms with Crippen LogP contribution in [-0.2, 0) is 0 Å². The molecule has 0 saturated carbocycles. The number of pyridine rings is 1. The van der Waals surface area contributed by atoms with Gasteiger partial charge in [-0.2, -0.15) is 0 Å². The number of carbonyl (C=O) groups excluding carboxylic acids is 1. The Balaban J connectivity index is 2.17. The van der Waals surface area contributed by atoms with Gasteiger partial charge in [-0.25, -0.2) is 0 Å². The average molecular weight is 311 g/mol. The van der Waals surface area contributed by atoms with E-state index in [1.54, 1.807) is 12.4 Å². The molecule has 2 rings (SSSR count). The molecular weight excluding hydrogens is 286 g/mol. The van der Waals surface area contributed by atoms with Crippen LogP contribution < -0.4 is 10.2 Å². The van der Waals surface area contributed by atoms with E-state index in [1.807, 2.05) is 45.2 Å². The molecule has 0 atom stereocenters. The van der Waals surface area contributed by atoms with Crippen LogP contribution in [0.5, 0.6) is 0 Å². The molecule has 1 heterocycles. The first kappa shape index (κ1) is 17.0. The smallest absolute Gasteiger partial charge is 0.257 e. The van der Waals surface area contributed by atoms with Crippen LogP contribution >= 0.6 is 0 Å². The first-order chi connectivity index (χ1) is 11.0. The third-order valence-corrected chi connectivity index (χ3v) is 3.99. The van der Waals surface area contributed by atoms with E-state index >= 15 is 0 Å². The quantitative estimate of drug-likeness (QED) is 0.870. The zero-order valence-corrected chi connectivity index (χ0v) is 14.4. The normalized spacial score (nSPS) is 10.4. The number of anilines is 2. The summed E-state index contributed by atoms with van der Waals surface area (Å²) < 4.78 is 0. The molecule has 4 heteroatoms. The molecule has 0 saturated heterocycles. The van der Waals surface area contributed by atoms with Crippen LogP contribution in [0.1, 0.15) is 41.3 Å². The lowest BCUT2D eigenvalue weighted by atomic mass is 10.1. The number of nitrogens with zero attached hydrogens (tertiary/aromatic N) is 2. The van der Waals surface area contributed by atoms with Gasteiger partial charge in [0.15, 0.2) is 0 Å². The molecule has 0 bridgehead atoms. The summed E-state index contributed by atoms with van der Waals surface area (Å²) in [5.74, 6) is -0.124. The lowest BCUT2D eigenvalue weighted by Gasteiger charge is -2.19. The summed E-state index contributed by atoms with van der Waals surface area (Å²) in [5, 5.41) is 3.01. The summed E-state index contributed by atoms with van der Waals surface area (Å²) in [6.07, 6.45) is 5.67. The fourth-order valence-electron chi connectivity index (χ4n) is 2.48. The van der Waals surface area contributed by atoms with Gasteiger partial charge in [-0.1, -0.05) is 31.5 Å². The van der Waals surface area contributed by atoms with E-state index in [2.05, 4.69) is 22.1 Å². The van der Waals surface area contributed by atoms with Gasteiger partial charge in [0.2, 0.25) is 0 Å². The highest BCUT2D eigenvalue weighted by Crippen LogP contribution is 2.21. The van der Waals surface area contributed by atoms with E-state index in [-0.39, 0.29) is 5.91 Å². The van der Waals surface area contributed by atoms with Crippen molar-refractivity contribution in [1.29, 1.82) is 0 Å². The molecule has 0 fully saturated rings. The molecule has 0 aliphatic carbocycles. The van der Waals surface area contributed by atoms with Crippen molar-refractivity contribution in [2.75, 3.05) is 23.8 Å². The number of amides is 1. The van der Waals surface area contributed by atoms with Gasteiger partial charge in [0.05, 0.1) is 17.4 Å². The Morgan fingerprint density at radius 3 is 2.57 bits per heavy atom. The van der Waals surface area contributed by atoms with Gasteiger partial charge in [0, 0.05) is 25.5 Å². The summed E-state index contributed by atoms with van der Waals surface area (Å²) >= 11 is 0. The third-order valence-electron chi connectivity index (χ3n) is 3.99. The largest absolute Gasteiger partial charge is 0.373 e. The first-order valence-corrected chi connectivity index (χ1v) is 8.06. The van der Waals surface area contributed by atoms with Crippen LogP contribution in [-0.4, -0.2) is 24.5 Å². The van der Waals surface area contributed by atoms with Crippen LogP contribution in [0.15, 0.2) is 36.7 Å². The van der Waals surface area contributed by atoms with Gasteiger partial charge in [-0.05, 0) is 37.5 Å². The second-order valence-electron chi connectivity index (χ2n) is 5.93. The van der Waals surface area contributed by atoms with E-state index in [0.717, 1.165) is 41.9 Å². The molecule has 0 spiro atoms. The fourth-order valence-corrected chi connectivity index (χ4v) is 2.48. The van der Waals surface area contributed by atoms with Crippen molar-refractivity contribution in [1.82, 2.24) is 4.98 Å². The van der Waals surface area contributed by atoms with Gasteiger partial charge in [-0.3, -0.25) is 9.78 Å². The standard InChI is InChI=1S/C19H25N3O/c1-5-6-10-22(4)17-11-16(12-20-13-17)19(23)21-18-14(2)8-7-9-15(18)3/h7-9,11-13H,5-6,10H2,1-4H3,(H,21,23). The molecule has 1 N–H and O–H groups in total. The second kappa shape index (κ2) is 7.77. The average Bonchev–Trinajstić information content (AvgIpc) is 2.56. The highest BCUT2D eigenvalue weighted by Gasteiger charge is 2.11. The zero-order valence-electron chi connectivity index (χ0n) is 14.4. The van der Waals surface area contributed by atoms with Crippen LogP contribution in [0.4, 0.5) is 11.4 Å². The van der Waals surface area contributed by atoms with Crippen molar-refractivity contribution in [2.45, 2.75) is 33.6 Å². The van der Waals surface area contributed by atoms with Crippen molar-refractivity contribution in [3.63, 3.8) is 0 Å². The number of hydrogen-bond acceptors (Lipinski definition) is 3. The van der Waals surface area contributed by atoms with E-state index in [9.17, 15) is 4.79 Å². The number of para-hydroxylation sites is 1. The molecule has 4 nitrogen and oxygen atoms in total. The predicted octanol–water partition coefficient (Wildman–Crippen LogP) is 4.19. The Bertz CT molecular complexity index is 662. The second-order valence-corrected chi connectivity index (χ2v) is 5.93. The topological polar surface area (TPSA) is 45.2 Å². The van der Waals surface area contributed by atoms with Gasteiger partial charge in [0.25, 0.3) is 5.91 Å². The van der Waals surface area contributed by atoms with E-state index in [1.165, 1.54) is 0 Å². The summed E-state index contributed by atoms with van der Waals surface area (Å²) in [6.45, 7) is 7.12. The molecule has 122 valence electrons. The Hall–Kier alpha value is -2.36. The molecule has 1 aromatic heterocycles. The maximum atomic E-state index is 12.5. The van der Waals surface area contributed by atoms with Gasteiger partial charge in [-0.15, -0.1) is 0 Å². The number of aryl methyl sites for hydroxylation is 2. The molecule has 0 unspecified atom stereocenters. The summed E-state index contributed by atoms with van der Waals surface area (Å²) in [5.41, 5.74) is 4.54. The van der Waals surface area contributed by atoms with Crippen LogP contribution in [0, 0.1) is 13.8 Å². The molecule has 0 aliphatic rings. The minimum Gasteiger partial charge on any atom is -0.373 e. The molecular formula is C19H25N3O. The van der Waals surface area contributed by atoms with Gasteiger partial charge >= 0.3 is 0 Å². The predicted molar refractivity (Wildman–Crippen MR) is 96.3 cm³/mol. The Morgan fingerprint density at radius 2 is 1.91 bits per heavy atom. The number of aromatic nitrogens is 1. The van der Waals surface area contributed by atoms with Crippen molar-refractivity contribution >= 4 is 17.3 Å². The molecule has 2 aromatic rings. The van der Waals surface area contributed by atoms with Gasteiger partial charge in [0.1, 0.15) is 0 Å². The maximum Gasteiger partial charge on any atom is 0.257 e. The minimum absolute atomic E-state index is 0.124. The monoisotopic (exact) mass is 311 g/mol. The van der Waals surface area contributed by atoms with Crippen molar-refractivity contribution in [3.05, 3.63) is 53.3 Å². The van der Waals surface area contributed by atoms with E-state index in [0.29, 0.717) is 5.56 Å². The summed E-state index contributed by atoms with van der Waals surface area (Å²) in [7, 11) is 2.03. The minimum atomic E-state index is -0.124. The highest BCUT2D eigenvalue weighted by atomic mass is 16.1. The summed E-state index contributed by atoms with van der Waals surface area (Å²) in [6, 6.07) is 7.88. The molecule has 1 amide bonds. The SMILES string of the molecule is CCCCN(C)c1cncc(C(=O)Nc2c(C)cccc2C)c1. The van der Waals surface area contributed by atoms with Crippen LogP contribution in [0.3, 0.4) is 0 Å². The van der Waals surface area contributed by atoms with Crippen molar-refractivity contribution < 1.29 is 4.79 Å². The van der Waals surface area contributed by atoms with Crippen LogP contribution in [0.2, 0.25) is 0 Å². The Labute approximate surface area is 138 Å². The van der Waals surface area contributed by atoms with Crippen molar-refractivity contribution in [2.24, 2.45) is 0 Å². The molecule has 1 aromatic carbocycles. The zero-order chi connectivity index (χ0) is 16.8. The highest BCUT2D eigenvalue weighted by molar-refractivity contribution is 6.05. The lowest BCUT2D eigenvalue weighted by molar-refractivity contribution is 0.102. The lowest BCUT2D eigenvalue weighted by Crippen LogP contribution is -2.20. The Kier molecular flexibility index (Phi) is 5.74. The number of unbranched alkanes of at least 4 members (excludes halogenated alkanes) is 1.